The van der Waals surface area contributed by atoms with Crippen LogP contribution < -0.4 is 9.47 Å². The molecular formula is C18H17NO5S. The first-order chi connectivity index (χ1) is 12.1. The van der Waals surface area contributed by atoms with Gasteiger partial charge in [0.2, 0.25) is 0 Å². The second-order valence-corrected chi connectivity index (χ2v) is 7.08. The molecule has 6 nitrogen and oxygen atoms in total. The van der Waals surface area contributed by atoms with Gasteiger partial charge in [0.15, 0.2) is 11.5 Å². The van der Waals surface area contributed by atoms with Crippen LogP contribution in [0.25, 0.3) is 0 Å². The van der Waals surface area contributed by atoms with Crippen LogP contribution in [0, 0.1) is 0 Å². The van der Waals surface area contributed by atoms with Crippen LogP contribution in [0.5, 0.6) is 11.5 Å². The highest BCUT2D eigenvalue weighted by Gasteiger charge is 2.34. The Labute approximate surface area is 148 Å². The maximum Gasteiger partial charge on any atom is 0.345 e. The molecule has 2 aliphatic rings. The van der Waals surface area contributed by atoms with Crippen molar-refractivity contribution in [1.29, 1.82) is 0 Å². The summed E-state index contributed by atoms with van der Waals surface area (Å²) in [6.45, 7) is 1.67. The first-order valence-corrected chi connectivity index (χ1v) is 8.99. The third-order valence-corrected chi connectivity index (χ3v) is 5.56. The highest BCUT2D eigenvalue weighted by Crippen LogP contribution is 2.43. The lowest BCUT2D eigenvalue weighted by molar-refractivity contribution is 0.0700. The van der Waals surface area contributed by atoms with Crippen molar-refractivity contribution in [3.8, 4) is 11.5 Å². The molecule has 25 heavy (non-hydrogen) atoms. The summed E-state index contributed by atoms with van der Waals surface area (Å²) in [5.74, 6) is 0.294. The quantitative estimate of drug-likeness (QED) is 0.911. The lowest BCUT2D eigenvalue weighted by Gasteiger charge is -2.28. The Bertz CT molecular complexity index is 831. The molecule has 130 valence electrons. The SMILES string of the molecule is O=C(O)c1ccc(C(=O)N2CCCC2c2cccc3c2OCCO3)s1. The van der Waals surface area contributed by atoms with Crippen LogP contribution in [0.15, 0.2) is 30.3 Å². The summed E-state index contributed by atoms with van der Waals surface area (Å²) in [4.78, 5) is 26.4. The number of carbonyl (C=O) groups excluding carboxylic acids is 1. The second kappa shape index (κ2) is 6.40. The standard InChI is InChI=1S/C18H17NO5S/c20-17(14-6-7-15(25-14)18(21)22)19-8-2-4-12(19)11-3-1-5-13-16(11)24-10-9-23-13/h1,3,5-7,12H,2,4,8-10H2,(H,21,22). The minimum atomic E-state index is -1.01. The van der Waals surface area contributed by atoms with Gasteiger partial charge in [-0.1, -0.05) is 12.1 Å². The molecule has 0 bridgehead atoms. The number of carboxylic acids is 1. The number of para-hydroxylation sites is 1. The third-order valence-electron chi connectivity index (χ3n) is 4.50. The van der Waals surface area contributed by atoms with Crippen molar-refractivity contribution in [2.75, 3.05) is 19.8 Å². The van der Waals surface area contributed by atoms with Crippen molar-refractivity contribution in [2.45, 2.75) is 18.9 Å². The molecular weight excluding hydrogens is 342 g/mol. The average Bonchev–Trinajstić information content (AvgIpc) is 3.30. The van der Waals surface area contributed by atoms with Gasteiger partial charge in [-0.3, -0.25) is 4.79 Å². The fourth-order valence-corrected chi connectivity index (χ4v) is 4.20. The molecule has 1 amide bonds. The monoisotopic (exact) mass is 359 g/mol. The smallest absolute Gasteiger partial charge is 0.345 e. The molecule has 1 N–H and O–H groups in total. The number of fused-ring (bicyclic) bond motifs is 1. The van der Waals surface area contributed by atoms with Gasteiger partial charge < -0.3 is 19.5 Å². The Balaban J connectivity index is 1.64. The number of benzene rings is 1. The van der Waals surface area contributed by atoms with Gasteiger partial charge in [-0.15, -0.1) is 11.3 Å². The van der Waals surface area contributed by atoms with E-state index in [0.29, 0.717) is 30.4 Å². The molecule has 4 rings (SSSR count). The predicted molar refractivity (Wildman–Crippen MR) is 91.7 cm³/mol. The molecule has 2 aromatic rings. The van der Waals surface area contributed by atoms with Crippen molar-refractivity contribution in [3.05, 3.63) is 45.6 Å². The van der Waals surface area contributed by atoms with Crippen LogP contribution in [-0.2, 0) is 0 Å². The number of aromatic carboxylic acids is 1. The van der Waals surface area contributed by atoms with Crippen LogP contribution >= 0.6 is 11.3 Å². The van der Waals surface area contributed by atoms with Crippen LogP contribution in [0.4, 0.5) is 0 Å². The maximum absolute atomic E-state index is 12.9. The van der Waals surface area contributed by atoms with Crippen molar-refractivity contribution < 1.29 is 24.2 Å². The number of nitrogens with zero attached hydrogens (tertiary/aromatic N) is 1. The molecule has 0 aliphatic carbocycles. The third kappa shape index (κ3) is 2.84. The van der Waals surface area contributed by atoms with Crippen LogP contribution in [0.1, 0.15) is 43.8 Å². The number of carbonyl (C=O) groups is 2. The van der Waals surface area contributed by atoms with Gasteiger partial charge in [-0.25, -0.2) is 4.79 Å². The summed E-state index contributed by atoms with van der Waals surface area (Å²) in [5.41, 5.74) is 0.957. The molecule has 0 saturated carbocycles. The van der Waals surface area contributed by atoms with Crippen molar-refractivity contribution in [2.24, 2.45) is 0 Å². The molecule has 1 aromatic carbocycles. The number of thiophene rings is 1. The van der Waals surface area contributed by atoms with E-state index in [2.05, 4.69) is 0 Å². The summed E-state index contributed by atoms with van der Waals surface area (Å²) in [7, 11) is 0. The van der Waals surface area contributed by atoms with E-state index < -0.39 is 5.97 Å². The summed E-state index contributed by atoms with van der Waals surface area (Å²) in [6.07, 6.45) is 1.75. The zero-order chi connectivity index (χ0) is 17.4. The van der Waals surface area contributed by atoms with Crippen molar-refractivity contribution >= 4 is 23.2 Å². The highest BCUT2D eigenvalue weighted by molar-refractivity contribution is 7.15. The molecule has 1 aromatic heterocycles. The Morgan fingerprint density at radius 3 is 2.72 bits per heavy atom. The number of hydrogen-bond donors (Lipinski definition) is 1. The summed E-state index contributed by atoms with van der Waals surface area (Å²) >= 11 is 1.02. The summed E-state index contributed by atoms with van der Waals surface area (Å²) < 4.78 is 11.4. The predicted octanol–water partition coefficient (Wildman–Crippen LogP) is 3.19. The molecule has 1 saturated heterocycles. The van der Waals surface area contributed by atoms with Gasteiger partial charge >= 0.3 is 5.97 Å². The summed E-state index contributed by atoms with van der Waals surface area (Å²) in [5, 5.41) is 9.06. The first-order valence-electron chi connectivity index (χ1n) is 8.18. The second-order valence-electron chi connectivity index (χ2n) is 6.00. The summed E-state index contributed by atoms with van der Waals surface area (Å²) in [6, 6.07) is 8.74. The van der Waals surface area contributed by atoms with Crippen LogP contribution in [-0.4, -0.2) is 41.6 Å². The lowest BCUT2D eigenvalue weighted by atomic mass is 10.0. The lowest BCUT2D eigenvalue weighted by Crippen LogP contribution is -2.30. The van der Waals surface area contributed by atoms with E-state index in [0.717, 1.165) is 35.5 Å². The fraction of sp³-hybridized carbons (Fsp3) is 0.333. The first kappa shape index (κ1) is 16.0. The Kier molecular flexibility index (Phi) is 4.09. The van der Waals surface area contributed by atoms with Gasteiger partial charge in [0.25, 0.3) is 5.91 Å². The molecule has 0 spiro atoms. The van der Waals surface area contributed by atoms with E-state index in [1.54, 1.807) is 6.07 Å². The Morgan fingerprint density at radius 2 is 1.92 bits per heavy atom. The van der Waals surface area contributed by atoms with Gasteiger partial charge in [-0.2, -0.15) is 0 Å². The van der Waals surface area contributed by atoms with E-state index in [1.807, 2.05) is 23.1 Å². The molecule has 0 radical (unpaired) electrons. The molecule has 1 atom stereocenters. The zero-order valence-corrected chi connectivity index (χ0v) is 14.3. The topological polar surface area (TPSA) is 76.1 Å². The Morgan fingerprint density at radius 1 is 1.12 bits per heavy atom. The van der Waals surface area contributed by atoms with Crippen molar-refractivity contribution in [1.82, 2.24) is 4.90 Å². The highest BCUT2D eigenvalue weighted by atomic mass is 32.1. The number of amides is 1. The molecule has 1 unspecified atom stereocenters. The van der Waals surface area contributed by atoms with Crippen LogP contribution in [0.3, 0.4) is 0 Å². The molecule has 7 heteroatoms. The fourth-order valence-electron chi connectivity index (χ4n) is 3.40. The van der Waals surface area contributed by atoms with E-state index in [4.69, 9.17) is 14.6 Å². The minimum Gasteiger partial charge on any atom is -0.486 e. The zero-order valence-electron chi connectivity index (χ0n) is 13.4. The molecule has 2 aliphatic heterocycles. The van der Waals surface area contributed by atoms with Gasteiger partial charge in [0.1, 0.15) is 18.1 Å². The largest absolute Gasteiger partial charge is 0.486 e. The van der Waals surface area contributed by atoms with E-state index in [-0.39, 0.29) is 16.8 Å². The van der Waals surface area contributed by atoms with Crippen molar-refractivity contribution in [3.63, 3.8) is 0 Å². The van der Waals surface area contributed by atoms with Gasteiger partial charge in [-0.05, 0) is 31.0 Å². The number of hydrogen-bond acceptors (Lipinski definition) is 5. The van der Waals surface area contributed by atoms with Crippen LogP contribution in [0.2, 0.25) is 0 Å². The number of ether oxygens (including phenoxy) is 2. The average molecular weight is 359 g/mol. The molecule has 3 heterocycles. The number of carboxylic acid groups (broad SMARTS) is 1. The van der Waals surface area contributed by atoms with Gasteiger partial charge in [0.05, 0.1) is 10.9 Å². The van der Waals surface area contributed by atoms with E-state index in [9.17, 15) is 9.59 Å². The number of likely N-dealkylation sites (tertiary alicyclic amines) is 1. The normalized spacial score (nSPS) is 19.0. The van der Waals surface area contributed by atoms with E-state index >= 15 is 0 Å². The maximum atomic E-state index is 12.9. The van der Waals surface area contributed by atoms with Gasteiger partial charge in [0, 0.05) is 12.1 Å². The van der Waals surface area contributed by atoms with E-state index in [1.165, 1.54) is 6.07 Å². The minimum absolute atomic E-state index is 0.0838. The molecule has 1 fully saturated rings. The Hall–Kier alpha value is -2.54. The number of rotatable bonds is 3.